The summed E-state index contributed by atoms with van der Waals surface area (Å²) in [6.45, 7) is 3.88. The van der Waals surface area contributed by atoms with Crippen LogP contribution in [0, 0.1) is 0 Å². The van der Waals surface area contributed by atoms with E-state index in [1.807, 2.05) is 19.1 Å². The minimum atomic E-state index is -0.122. The van der Waals surface area contributed by atoms with Crippen LogP contribution in [0.3, 0.4) is 0 Å². The molecule has 0 saturated heterocycles. The third-order valence-electron chi connectivity index (χ3n) is 3.18. The lowest BCUT2D eigenvalue weighted by atomic mass is 10.1. The SMILES string of the molecule is CCOC(=O)CCCNCC1Cc2cc(Br)ccc2O1. The van der Waals surface area contributed by atoms with Crippen molar-refractivity contribution < 1.29 is 14.3 Å². The van der Waals surface area contributed by atoms with Crippen molar-refractivity contribution in [2.75, 3.05) is 19.7 Å². The predicted molar refractivity (Wildman–Crippen MR) is 81.0 cm³/mol. The van der Waals surface area contributed by atoms with Crippen molar-refractivity contribution in [3.8, 4) is 5.75 Å². The molecule has 0 radical (unpaired) electrons. The zero-order valence-electron chi connectivity index (χ0n) is 11.7. The first-order chi connectivity index (χ1) is 9.69. The van der Waals surface area contributed by atoms with E-state index in [4.69, 9.17) is 9.47 Å². The molecular formula is C15H20BrNO3. The third-order valence-corrected chi connectivity index (χ3v) is 3.67. The highest BCUT2D eigenvalue weighted by atomic mass is 79.9. The van der Waals surface area contributed by atoms with Crippen LogP contribution < -0.4 is 10.1 Å². The van der Waals surface area contributed by atoms with Crippen LogP contribution in [0.1, 0.15) is 25.3 Å². The summed E-state index contributed by atoms with van der Waals surface area (Å²) in [5.74, 6) is 0.857. The van der Waals surface area contributed by atoms with Crippen LogP contribution in [0.15, 0.2) is 22.7 Å². The van der Waals surface area contributed by atoms with Crippen LogP contribution in [-0.2, 0) is 16.0 Å². The van der Waals surface area contributed by atoms with Gasteiger partial charge in [-0.3, -0.25) is 4.79 Å². The normalized spacial score (nSPS) is 16.6. The highest BCUT2D eigenvalue weighted by Crippen LogP contribution is 2.30. The Morgan fingerprint density at radius 1 is 1.55 bits per heavy atom. The topological polar surface area (TPSA) is 47.6 Å². The number of benzene rings is 1. The van der Waals surface area contributed by atoms with Crippen molar-refractivity contribution in [1.29, 1.82) is 0 Å². The van der Waals surface area contributed by atoms with Crippen molar-refractivity contribution in [3.63, 3.8) is 0 Å². The highest BCUT2D eigenvalue weighted by molar-refractivity contribution is 9.10. The summed E-state index contributed by atoms with van der Waals surface area (Å²) < 4.78 is 11.8. The Morgan fingerprint density at radius 2 is 2.40 bits per heavy atom. The molecule has 20 heavy (non-hydrogen) atoms. The van der Waals surface area contributed by atoms with Gasteiger partial charge in [-0.25, -0.2) is 0 Å². The molecule has 0 amide bonds. The maximum absolute atomic E-state index is 11.2. The lowest BCUT2D eigenvalue weighted by Gasteiger charge is -2.11. The Bertz CT molecular complexity index is 464. The Morgan fingerprint density at radius 3 is 3.20 bits per heavy atom. The number of rotatable bonds is 7. The summed E-state index contributed by atoms with van der Waals surface area (Å²) >= 11 is 3.47. The number of fused-ring (bicyclic) bond motifs is 1. The molecule has 1 atom stereocenters. The minimum Gasteiger partial charge on any atom is -0.488 e. The second kappa shape index (κ2) is 7.64. The summed E-state index contributed by atoms with van der Waals surface area (Å²) in [5, 5.41) is 3.33. The van der Waals surface area contributed by atoms with E-state index in [-0.39, 0.29) is 12.1 Å². The summed E-state index contributed by atoms with van der Waals surface area (Å²) in [6.07, 6.45) is 2.38. The van der Waals surface area contributed by atoms with E-state index < -0.39 is 0 Å². The molecule has 1 aromatic carbocycles. The van der Waals surface area contributed by atoms with Gasteiger partial charge >= 0.3 is 5.97 Å². The van der Waals surface area contributed by atoms with Gasteiger partial charge < -0.3 is 14.8 Å². The van der Waals surface area contributed by atoms with Crippen molar-refractivity contribution in [1.82, 2.24) is 5.32 Å². The number of nitrogens with one attached hydrogen (secondary N) is 1. The number of hydrogen-bond acceptors (Lipinski definition) is 4. The van der Waals surface area contributed by atoms with Crippen LogP contribution in [0.25, 0.3) is 0 Å². The molecule has 0 saturated carbocycles. The second-order valence-electron chi connectivity index (χ2n) is 4.81. The smallest absolute Gasteiger partial charge is 0.305 e. The molecule has 2 rings (SSSR count). The van der Waals surface area contributed by atoms with Crippen molar-refractivity contribution in [3.05, 3.63) is 28.2 Å². The van der Waals surface area contributed by atoms with Gasteiger partial charge in [0.1, 0.15) is 11.9 Å². The summed E-state index contributed by atoms with van der Waals surface area (Å²) in [5.41, 5.74) is 1.25. The summed E-state index contributed by atoms with van der Waals surface area (Å²) in [4.78, 5) is 11.2. The van der Waals surface area contributed by atoms with Crippen LogP contribution >= 0.6 is 15.9 Å². The Balaban J connectivity index is 1.61. The molecule has 1 aliphatic rings. The quantitative estimate of drug-likeness (QED) is 0.611. The van der Waals surface area contributed by atoms with Gasteiger partial charge in [0.15, 0.2) is 0 Å². The zero-order valence-corrected chi connectivity index (χ0v) is 13.2. The molecule has 1 N–H and O–H groups in total. The summed E-state index contributed by atoms with van der Waals surface area (Å²) in [7, 11) is 0. The molecule has 4 nitrogen and oxygen atoms in total. The lowest BCUT2D eigenvalue weighted by molar-refractivity contribution is -0.143. The van der Waals surface area contributed by atoms with E-state index in [1.165, 1.54) is 5.56 Å². The predicted octanol–water partition coefficient (Wildman–Crippen LogP) is 2.69. The average Bonchev–Trinajstić information content (AvgIpc) is 2.80. The molecule has 0 bridgehead atoms. The first-order valence-corrected chi connectivity index (χ1v) is 7.79. The average molecular weight is 342 g/mol. The molecule has 0 fully saturated rings. The minimum absolute atomic E-state index is 0.122. The van der Waals surface area contributed by atoms with Crippen molar-refractivity contribution in [2.24, 2.45) is 0 Å². The Hall–Kier alpha value is -1.07. The Labute approximate surface area is 128 Å². The molecule has 0 spiro atoms. The van der Waals surface area contributed by atoms with Gasteiger partial charge in [-0.15, -0.1) is 0 Å². The van der Waals surface area contributed by atoms with E-state index >= 15 is 0 Å². The molecule has 1 heterocycles. The van der Waals surface area contributed by atoms with Crippen LogP contribution in [0.2, 0.25) is 0 Å². The molecular weight excluding hydrogens is 322 g/mol. The van der Waals surface area contributed by atoms with Gasteiger partial charge in [-0.05, 0) is 43.7 Å². The van der Waals surface area contributed by atoms with Gasteiger partial charge in [0.2, 0.25) is 0 Å². The molecule has 1 aromatic rings. The Kier molecular flexibility index (Phi) is 5.86. The third kappa shape index (κ3) is 4.49. The molecule has 0 aromatic heterocycles. The molecule has 0 aliphatic carbocycles. The standard InChI is InChI=1S/C15H20BrNO3/c1-2-19-15(18)4-3-7-17-10-13-9-11-8-12(16)5-6-14(11)20-13/h5-6,8,13,17H,2-4,7,9-10H2,1H3. The highest BCUT2D eigenvalue weighted by Gasteiger charge is 2.22. The fraction of sp³-hybridized carbons (Fsp3) is 0.533. The number of esters is 1. The second-order valence-corrected chi connectivity index (χ2v) is 5.72. The number of hydrogen-bond donors (Lipinski definition) is 1. The van der Waals surface area contributed by atoms with Gasteiger partial charge in [0, 0.05) is 23.9 Å². The number of halogens is 1. The van der Waals surface area contributed by atoms with Gasteiger partial charge in [-0.1, -0.05) is 15.9 Å². The van der Waals surface area contributed by atoms with E-state index in [2.05, 4.69) is 27.3 Å². The first-order valence-electron chi connectivity index (χ1n) is 7.00. The van der Waals surface area contributed by atoms with E-state index in [9.17, 15) is 4.79 Å². The fourth-order valence-corrected chi connectivity index (χ4v) is 2.67. The summed E-state index contributed by atoms with van der Waals surface area (Å²) in [6, 6.07) is 6.10. The van der Waals surface area contributed by atoms with Crippen LogP contribution in [0.5, 0.6) is 5.75 Å². The van der Waals surface area contributed by atoms with Crippen molar-refractivity contribution >= 4 is 21.9 Å². The maximum Gasteiger partial charge on any atom is 0.305 e. The maximum atomic E-state index is 11.2. The molecule has 1 unspecified atom stereocenters. The molecule has 1 aliphatic heterocycles. The zero-order chi connectivity index (χ0) is 14.4. The number of carbonyl (C=O) groups is 1. The molecule has 110 valence electrons. The number of carbonyl (C=O) groups excluding carboxylic acids is 1. The van der Waals surface area contributed by atoms with Crippen molar-refractivity contribution in [2.45, 2.75) is 32.3 Å². The monoisotopic (exact) mass is 341 g/mol. The van der Waals surface area contributed by atoms with E-state index in [0.29, 0.717) is 13.0 Å². The largest absolute Gasteiger partial charge is 0.488 e. The van der Waals surface area contributed by atoms with E-state index in [1.54, 1.807) is 0 Å². The van der Waals surface area contributed by atoms with Gasteiger partial charge in [0.05, 0.1) is 6.61 Å². The van der Waals surface area contributed by atoms with Gasteiger partial charge in [-0.2, -0.15) is 0 Å². The lowest BCUT2D eigenvalue weighted by Crippen LogP contribution is -2.30. The first kappa shape index (κ1) is 15.3. The van der Waals surface area contributed by atoms with Crippen LogP contribution in [0.4, 0.5) is 0 Å². The van der Waals surface area contributed by atoms with Gasteiger partial charge in [0.25, 0.3) is 0 Å². The number of ether oxygens (including phenoxy) is 2. The molecule has 5 heteroatoms. The van der Waals surface area contributed by atoms with E-state index in [0.717, 1.165) is 36.2 Å². The van der Waals surface area contributed by atoms with Crippen LogP contribution in [-0.4, -0.2) is 31.8 Å². The fourth-order valence-electron chi connectivity index (χ4n) is 2.26.